The summed E-state index contributed by atoms with van der Waals surface area (Å²) in [6, 6.07) is 9.34. The summed E-state index contributed by atoms with van der Waals surface area (Å²) in [6.45, 7) is 2.32. The maximum atomic E-state index is 12.4. The predicted octanol–water partition coefficient (Wildman–Crippen LogP) is 3.22. The van der Waals surface area contributed by atoms with Crippen molar-refractivity contribution in [1.29, 1.82) is 0 Å². The van der Waals surface area contributed by atoms with Gasteiger partial charge in [0, 0.05) is 18.3 Å². The molecule has 1 aliphatic rings. The molecule has 3 amide bonds. The van der Waals surface area contributed by atoms with E-state index in [0.29, 0.717) is 34.2 Å². The topological polar surface area (TPSA) is 75.7 Å². The number of carbonyl (C=O) groups excluding carboxylic acids is 3. The van der Waals surface area contributed by atoms with E-state index in [9.17, 15) is 14.4 Å². The van der Waals surface area contributed by atoms with Crippen molar-refractivity contribution >= 4 is 35.0 Å². The second kappa shape index (κ2) is 6.57. The van der Waals surface area contributed by atoms with E-state index >= 15 is 0 Å². The van der Waals surface area contributed by atoms with Gasteiger partial charge in [-0.05, 0) is 43.3 Å². The van der Waals surface area contributed by atoms with Crippen molar-refractivity contribution in [3.8, 4) is 5.75 Å². The zero-order chi connectivity index (χ0) is 18.1. The molecule has 0 radical (unpaired) electrons. The molecular weight excluding hydrogens is 344 g/mol. The van der Waals surface area contributed by atoms with Crippen LogP contribution in [0.25, 0.3) is 0 Å². The van der Waals surface area contributed by atoms with Crippen LogP contribution in [0.3, 0.4) is 0 Å². The predicted molar refractivity (Wildman–Crippen MR) is 93.4 cm³/mol. The van der Waals surface area contributed by atoms with Crippen molar-refractivity contribution in [3.63, 3.8) is 0 Å². The van der Waals surface area contributed by atoms with E-state index in [0.717, 1.165) is 4.90 Å². The first-order valence-corrected chi connectivity index (χ1v) is 8.00. The minimum absolute atomic E-state index is 0.273. The fraction of sp³-hybridized carbons (Fsp3) is 0.167. The molecule has 3 rings (SSSR count). The number of nitrogens with zero attached hydrogens (tertiary/aromatic N) is 1. The van der Waals surface area contributed by atoms with Crippen LogP contribution in [0.5, 0.6) is 5.75 Å². The molecule has 0 saturated heterocycles. The highest BCUT2D eigenvalue weighted by molar-refractivity contribution is 6.32. The molecule has 2 aromatic rings. The summed E-state index contributed by atoms with van der Waals surface area (Å²) in [5, 5.41) is 3.04. The normalized spacial score (nSPS) is 13.0. The summed E-state index contributed by atoms with van der Waals surface area (Å²) in [6.07, 6.45) is 0. The highest BCUT2D eigenvalue weighted by atomic mass is 35.5. The Hall–Kier alpha value is -2.86. The van der Waals surface area contributed by atoms with Gasteiger partial charge in [-0.25, -0.2) is 0 Å². The van der Waals surface area contributed by atoms with Crippen LogP contribution < -0.4 is 10.1 Å². The van der Waals surface area contributed by atoms with Gasteiger partial charge >= 0.3 is 0 Å². The van der Waals surface area contributed by atoms with Gasteiger partial charge in [-0.3, -0.25) is 19.3 Å². The molecule has 7 heteroatoms. The number of imide groups is 1. The Balaban J connectivity index is 1.82. The van der Waals surface area contributed by atoms with Gasteiger partial charge < -0.3 is 10.1 Å². The summed E-state index contributed by atoms with van der Waals surface area (Å²) < 4.78 is 5.33. The zero-order valence-corrected chi connectivity index (χ0v) is 14.4. The summed E-state index contributed by atoms with van der Waals surface area (Å²) >= 11 is 6.09. The smallest absolute Gasteiger partial charge is 0.261 e. The average Bonchev–Trinajstić information content (AvgIpc) is 2.81. The fourth-order valence-electron chi connectivity index (χ4n) is 2.56. The van der Waals surface area contributed by atoms with Gasteiger partial charge in [-0.2, -0.15) is 0 Å². The molecule has 0 bridgehead atoms. The van der Waals surface area contributed by atoms with Gasteiger partial charge in [0.1, 0.15) is 5.75 Å². The van der Waals surface area contributed by atoms with Gasteiger partial charge in [0.15, 0.2) is 0 Å². The van der Waals surface area contributed by atoms with E-state index in [1.807, 2.05) is 6.92 Å². The highest BCUT2D eigenvalue weighted by Gasteiger charge is 2.32. The van der Waals surface area contributed by atoms with Crippen LogP contribution in [0.15, 0.2) is 36.4 Å². The molecule has 1 N–H and O–H groups in total. The lowest BCUT2D eigenvalue weighted by Crippen LogP contribution is -2.24. The minimum Gasteiger partial charge on any atom is -0.492 e. The van der Waals surface area contributed by atoms with E-state index in [1.54, 1.807) is 18.2 Å². The average molecular weight is 359 g/mol. The second-order valence-electron chi connectivity index (χ2n) is 5.46. The monoisotopic (exact) mass is 358 g/mol. The van der Waals surface area contributed by atoms with Crippen LogP contribution in [0, 0.1) is 0 Å². The van der Waals surface area contributed by atoms with E-state index < -0.39 is 0 Å². The third-order valence-corrected chi connectivity index (χ3v) is 4.14. The van der Waals surface area contributed by atoms with E-state index in [2.05, 4.69) is 5.32 Å². The minimum atomic E-state index is -0.389. The van der Waals surface area contributed by atoms with Gasteiger partial charge in [0.05, 0.1) is 22.8 Å². The number of amides is 3. The molecular formula is C18H15ClN2O4. The Morgan fingerprint density at radius 2 is 1.84 bits per heavy atom. The van der Waals surface area contributed by atoms with Crippen molar-refractivity contribution in [1.82, 2.24) is 4.90 Å². The number of benzene rings is 2. The Labute approximate surface area is 149 Å². The molecule has 0 saturated carbocycles. The van der Waals surface area contributed by atoms with E-state index in [4.69, 9.17) is 16.3 Å². The van der Waals surface area contributed by atoms with Crippen LogP contribution in [-0.2, 0) is 0 Å². The summed E-state index contributed by atoms with van der Waals surface area (Å²) in [4.78, 5) is 37.3. The van der Waals surface area contributed by atoms with Crippen molar-refractivity contribution in [2.24, 2.45) is 0 Å². The second-order valence-corrected chi connectivity index (χ2v) is 5.87. The molecule has 0 spiro atoms. The van der Waals surface area contributed by atoms with Crippen molar-refractivity contribution in [3.05, 3.63) is 58.1 Å². The van der Waals surface area contributed by atoms with Crippen LogP contribution in [0.1, 0.15) is 38.0 Å². The number of halogens is 1. The Kier molecular flexibility index (Phi) is 4.46. The maximum absolute atomic E-state index is 12.4. The standard InChI is InChI=1S/C18H15ClN2O4/c1-3-25-15-7-4-10(8-14(15)19)16(22)20-11-5-6-12-13(9-11)18(24)21(2)17(12)23/h4-9H,3H2,1-2H3,(H,20,22). The van der Waals surface area contributed by atoms with Gasteiger partial charge in [0.2, 0.25) is 0 Å². The Morgan fingerprint density at radius 3 is 2.52 bits per heavy atom. The SMILES string of the molecule is CCOc1ccc(C(=O)Nc2ccc3c(c2)C(=O)N(C)C3=O)cc1Cl. The van der Waals surface area contributed by atoms with Crippen LogP contribution >= 0.6 is 11.6 Å². The van der Waals surface area contributed by atoms with Crippen molar-refractivity contribution < 1.29 is 19.1 Å². The molecule has 25 heavy (non-hydrogen) atoms. The van der Waals surface area contributed by atoms with Gasteiger partial charge in [0.25, 0.3) is 17.7 Å². The number of rotatable bonds is 4. The number of hydrogen-bond acceptors (Lipinski definition) is 4. The lowest BCUT2D eigenvalue weighted by Gasteiger charge is -2.09. The molecule has 0 atom stereocenters. The molecule has 6 nitrogen and oxygen atoms in total. The molecule has 0 aliphatic carbocycles. The first-order chi connectivity index (χ1) is 11.9. The van der Waals surface area contributed by atoms with Crippen molar-refractivity contribution in [2.75, 3.05) is 19.0 Å². The third-order valence-electron chi connectivity index (χ3n) is 3.84. The zero-order valence-electron chi connectivity index (χ0n) is 13.6. The van der Waals surface area contributed by atoms with E-state index in [-0.39, 0.29) is 23.3 Å². The molecule has 0 aromatic heterocycles. The van der Waals surface area contributed by atoms with Crippen molar-refractivity contribution in [2.45, 2.75) is 6.92 Å². The number of anilines is 1. The van der Waals surface area contributed by atoms with E-state index in [1.165, 1.54) is 25.2 Å². The first kappa shape index (κ1) is 17.0. The number of hydrogen-bond donors (Lipinski definition) is 1. The summed E-state index contributed by atoms with van der Waals surface area (Å²) in [5.74, 6) is -0.614. The van der Waals surface area contributed by atoms with Crippen LogP contribution in [-0.4, -0.2) is 36.3 Å². The molecule has 0 unspecified atom stereocenters. The number of carbonyl (C=O) groups is 3. The maximum Gasteiger partial charge on any atom is 0.261 e. The van der Waals surface area contributed by atoms with Crippen LogP contribution in [0.2, 0.25) is 5.02 Å². The Bertz CT molecular complexity index is 895. The highest BCUT2D eigenvalue weighted by Crippen LogP contribution is 2.27. The fourth-order valence-corrected chi connectivity index (χ4v) is 2.79. The number of fused-ring (bicyclic) bond motifs is 1. The molecule has 1 heterocycles. The molecule has 0 fully saturated rings. The third kappa shape index (κ3) is 3.08. The Morgan fingerprint density at radius 1 is 1.12 bits per heavy atom. The molecule has 128 valence electrons. The van der Waals surface area contributed by atoms with Gasteiger partial charge in [-0.15, -0.1) is 0 Å². The number of ether oxygens (including phenoxy) is 1. The van der Waals surface area contributed by atoms with Gasteiger partial charge in [-0.1, -0.05) is 11.6 Å². The molecule has 2 aromatic carbocycles. The first-order valence-electron chi connectivity index (χ1n) is 7.62. The lowest BCUT2D eigenvalue weighted by atomic mass is 10.1. The number of nitrogens with one attached hydrogen (secondary N) is 1. The summed E-state index contributed by atoms with van der Waals surface area (Å²) in [5.41, 5.74) is 1.38. The van der Waals surface area contributed by atoms with Crippen LogP contribution in [0.4, 0.5) is 5.69 Å². The quantitative estimate of drug-likeness (QED) is 0.851. The summed E-state index contributed by atoms with van der Waals surface area (Å²) in [7, 11) is 1.42. The molecule has 1 aliphatic heterocycles. The lowest BCUT2D eigenvalue weighted by molar-refractivity contribution is 0.0692. The largest absolute Gasteiger partial charge is 0.492 e.